The van der Waals surface area contributed by atoms with Crippen LogP contribution in [0.1, 0.15) is 11.1 Å². The van der Waals surface area contributed by atoms with Crippen molar-refractivity contribution < 1.29 is 0 Å². The number of allylic oxidation sites excluding steroid dienone is 4. The van der Waals surface area contributed by atoms with Gasteiger partial charge in [0, 0.05) is 0 Å². The summed E-state index contributed by atoms with van der Waals surface area (Å²) in [5.41, 5.74) is 31.1. The maximum Gasteiger partial charge on any atom is 0.0648 e. The first kappa shape index (κ1) is 21.3. The maximum absolute atomic E-state index is 6.39. The van der Waals surface area contributed by atoms with Crippen LogP contribution in [-0.2, 0) is 5.41 Å². The van der Waals surface area contributed by atoms with Crippen LogP contribution in [0.2, 0.25) is 0 Å². The summed E-state index contributed by atoms with van der Waals surface area (Å²) in [5, 5.41) is 7.40. The van der Waals surface area contributed by atoms with Gasteiger partial charge in [-0.05, 0) is 84.6 Å². The van der Waals surface area contributed by atoms with E-state index in [1.165, 1.54) is 43.1 Å². The molecule has 0 fully saturated rings. The first-order chi connectivity index (χ1) is 18.0. The van der Waals surface area contributed by atoms with Crippen LogP contribution in [0.25, 0.3) is 33.2 Å². The van der Waals surface area contributed by atoms with Gasteiger partial charge in [-0.3, -0.25) is 0 Å². The molecule has 0 amide bonds. The maximum atomic E-state index is 6.39. The minimum absolute atomic E-state index is 0.552. The van der Waals surface area contributed by atoms with Crippen LogP contribution < -0.4 is 33.4 Å². The second kappa shape index (κ2) is 7.52. The molecule has 0 atom stereocenters. The van der Waals surface area contributed by atoms with Crippen LogP contribution in [-0.4, -0.2) is 0 Å². The summed E-state index contributed by atoms with van der Waals surface area (Å²) in [5.74, 6) is 0. The molecule has 0 saturated carbocycles. The molecule has 2 aliphatic rings. The molecule has 37 heavy (non-hydrogen) atoms. The lowest BCUT2D eigenvalue weighted by molar-refractivity contribution is 0.833. The molecule has 4 heteroatoms. The molecule has 4 nitrogen and oxygen atoms in total. The highest BCUT2D eigenvalue weighted by atomic mass is 14.7. The largest absolute Gasteiger partial charge is 0.397 e. The minimum atomic E-state index is -0.652. The molecular formula is C33H26N4. The van der Waals surface area contributed by atoms with E-state index in [0.717, 1.165) is 11.1 Å². The van der Waals surface area contributed by atoms with Gasteiger partial charge in [-0.2, -0.15) is 0 Å². The van der Waals surface area contributed by atoms with Crippen molar-refractivity contribution in [1.82, 2.24) is 0 Å². The van der Waals surface area contributed by atoms with Gasteiger partial charge in [0.05, 0.1) is 28.2 Å². The summed E-state index contributed by atoms with van der Waals surface area (Å²) < 4.78 is 0. The zero-order valence-electron chi connectivity index (χ0n) is 20.2. The molecule has 0 spiro atoms. The van der Waals surface area contributed by atoms with Crippen molar-refractivity contribution in [2.24, 2.45) is 0 Å². The minimum Gasteiger partial charge on any atom is -0.397 e. The van der Waals surface area contributed by atoms with E-state index >= 15 is 0 Å². The van der Waals surface area contributed by atoms with Crippen molar-refractivity contribution in [2.75, 3.05) is 22.9 Å². The summed E-state index contributed by atoms with van der Waals surface area (Å²) in [6.45, 7) is 0. The highest BCUT2D eigenvalue weighted by Gasteiger charge is 2.41. The SMILES string of the molecule is Nc1ccc(C2(c3ccc(N)c(N)c3)C=CC=C3C=c4c(c5ccccc5c5ccccc45)=C32)cc1N. The van der Waals surface area contributed by atoms with E-state index in [9.17, 15) is 0 Å². The number of rotatable bonds is 2. The van der Waals surface area contributed by atoms with Gasteiger partial charge >= 0.3 is 0 Å². The topological polar surface area (TPSA) is 104 Å². The molecule has 0 aromatic heterocycles. The van der Waals surface area contributed by atoms with Gasteiger partial charge in [0.1, 0.15) is 0 Å². The molecule has 8 N–H and O–H groups in total. The number of nitrogen functional groups attached to an aromatic ring is 4. The first-order valence-electron chi connectivity index (χ1n) is 12.4. The number of nitrogens with two attached hydrogens (primary N) is 4. The average molecular weight is 479 g/mol. The van der Waals surface area contributed by atoms with Gasteiger partial charge in [0.2, 0.25) is 0 Å². The highest BCUT2D eigenvalue weighted by molar-refractivity contribution is 6.12. The monoisotopic (exact) mass is 478 g/mol. The van der Waals surface area contributed by atoms with E-state index in [-0.39, 0.29) is 0 Å². The Labute approximate surface area is 214 Å². The Balaban J connectivity index is 1.74. The van der Waals surface area contributed by atoms with E-state index in [1.54, 1.807) is 0 Å². The lowest BCUT2D eigenvalue weighted by atomic mass is 9.65. The van der Waals surface area contributed by atoms with Gasteiger partial charge < -0.3 is 22.9 Å². The van der Waals surface area contributed by atoms with Crippen molar-refractivity contribution in [3.05, 3.63) is 130 Å². The lowest BCUT2D eigenvalue weighted by Crippen LogP contribution is -2.36. The van der Waals surface area contributed by atoms with Crippen molar-refractivity contribution in [3.63, 3.8) is 0 Å². The molecule has 178 valence electrons. The summed E-state index contributed by atoms with van der Waals surface area (Å²) in [6, 6.07) is 29.2. The lowest BCUT2D eigenvalue weighted by Gasteiger charge is -2.37. The fourth-order valence-electron chi connectivity index (χ4n) is 6.18. The molecule has 2 aliphatic carbocycles. The molecule has 0 aliphatic heterocycles. The Morgan fingerprint density at radius 2 is 1.08 bits per heavy atom. The van der Waals surface area contributed by atoms with E-state index in [0.29, 0.717) is 22.7 Å². The molecule has 5 aromatic carbocycles. The quantitative estimate of drug-likeness (QED) is 0.217. The summed E-state index contributed by atoms with van der Waals surface area (Å²) in [7, 11) is 0. The van der Waals surface area contributed by atoms with Crippen LogP contribution >= 0.6 is 0 Å². The van der Waals surface area contributed by atoms with E-state index in [2.05, 4.69) is 85.0 Å². The molecule has 0 heterocycles. The third-order valence-corrected chi connectivity index (χ3v) is 7.91. The van der Waals surface area contributed by atoms with Crippen LogP contribution in [0.5, 0.6) is 0 Å². The Morgan fingerprint density at radius 1 is 0.541 bits per heavy atom. The normalized spacial score (nSPS) is 15.4. The third-order valence-electron chi connectivity index (χ3n) is 7.91. The molecule has 7 rings (SSSR count). The predicted octanol–water partition coefficient (Wildman–Crippen LogP) is 4.75. The van der Waals surface area contributed by atoms with E-state index < -0.39 is 5.41 Å². The van der Waals surface area contributed by atoms with Crippen LogP contribution in [0.4, 0.5) is 22.7 Å². The molecule has 0 bridgehead atoms. The van der Waals surface area contributed by atoms with Crippen molar-refractivity contribution in [3.8, 4) is 0 Å². The standard InChI is InChI=1S/C33H26N4/c34-27-13-11-20(17-29(27)36)33(21-12-14-28(35)30(37)18-21)15-5-6-19-16-26-24-9-2-1-7-22(24)23-8-3-4-10-25(23)31(26)32(19)33/h1-18H,34-37H2. The van der Waals surface area contributed by atoms with E-state index in [1.807, 2.05) is 24.3 Å². The van der Waals surface area contributed by atoms with Crippen LogP contribution in [0, 0.1) is 0 Å². The fraction of sp³-hybridized carbons (Fsp3) is 0.0303. The molecule has 0 saturated heterocycles. The molecule has 5 aromatic rings. The fourth-order valence-corrected chi connectivity index (χ4v) is 6.18. The Hall–Kier alpha value is -4.96. The van der Waals surface area contributed by atoms with Crippen LogP contribution in [0.15, 0.2) is 109 Å². The summed E-state index contributed by atoms with van der Waals surface area (Å²) in [6.07, 6.45) is 8.89. The first-order valence-corrected chi connectivity index (χ1v) is 12.4. The number of benzene rings is 5. The number of hydrogen-bond acceptors (Lipinski definition) is 4. The van der Waals surface area contributed by atoms with E-state index in [4.69, 9.17) is 22.9 Å². The van der Waals surface area contributed by atoms with Crippen LogP contribution in [0.3, 0.4) is 0 Å². The Kier molecular flexibility index (Phi) is 4.33. The molecular weight excluding hydrogens is 452 g/mol. The molecule has 0 radical (unpaired) electrons. The zero-order valence-corrected chi connectivity index (χ0v) is 20.2. The van der Waals surface area contributed by atoms with Gasteiger partial charge in [-0.15, -0.1) is 0 Å². The van der Waals surface area contributed by atoms with Crippen molar-refractivity contribution >= 4 is 55.9 Å². The average Bonchev–Trinajstić information content (AvgIpc) is 3.33. The Morgan fingerprint density at radius 3 is 1.68 bits per heavy atom. The summed E-state index contributed by atoms with van der Waals surface area (Å²) in [4.78, 5) is 0. The third kappa shape index (κ3) is 2.84. The second-order valence-electron chi connectivity index (χ2n) is 9.88. The number of hydrogen-bond donors (Lipinski definition) is 4. The van der Waals surface area contributed by atoms with Crippen molar-refractivity contribution in [2.45, 2.75) is 5.41 Å². The number of fused-ring (bicyclic) bond motifs is 7. The number of anilines is 4. The Bertz CT molecular complexity index is 1930. The van der Waals surface area contributed by atoms with Gasteiger partial charge in [0.25, 0.3) is 0 Å². The predicted molar refractivity (Wildman–Crippen MR) is 157 cm³/mol. The van der Waals surface area contributed by atoms with Gasteiger partial charge in [-0.25, -0.2) is 0 Å². The smallest absolute Gasteiger partial charge is 0.0648 e. The second-order valence-corrected chi connectivity index (χ2v) is 9.88. The van der Waals surface area contributed by atoms with Gasteiger partial charge in [-0.1, -0.05) is 78.9 Å². The summed E-state index contributed by atoms with van der Waals surface area (Å²) >= 11 is 0. The highest BCUT2D eigenvalue weighted by Crippen LogP contribution is 2.49. The molecule has 0 unspecified atom stereocenters. The zero-order chi connectivity index (χ0) is 25.3. The van der Waals surface area contributed by atoms with Crippen molar-refractivity contribution in [1.29, 1.82) is 0 Å². The van der Waals surface area contributed by atoms with Gasteiger partial charge in [0.15, 0.2) is 0 Å².